The van der Waals surface area contributed by atoms with Gasteiger partial charge in [0.2, 0.25) is 0 Å². The summed E-state index contributed by atoms with van der Waals surface area (Å²) in [6, 6.07) is 7.47. The van der Waals surface area contributed by atoms with Crippen molar-refractivity contribution in [3.05, 3.63) is 24.3 Å². The van der Waals surface area contributed by atoms with Crippen LogP contribution in [0.3, 0.4) is 0 Å². The molecular formula is C18H32F2Si2. The Balaban J connectivity index is 3.30. The Morgan fingerprint density at radius 2 is 0.727 bits per heavy atom. The summed E-state index contributed by atoms with van der Waals surface area (Å²) in [5, 5.41) is 1.62. The first kappa shape index (κ1) is 19.6. The van der Waals surface area contributed by atoms with Crippen molar-refractivity contribution in [3.63, 3.8) is 0 Å². The number of rotatable bonds is 6. The first-order valence-electron chi connectivity index (χ1n) is 8.47. The molecule has 1 aromatic carbocycles. The van der Waals surface area contributed by atoms with Crippen LogP contribution in [-0.2, 0) is 0 Å². The summed E-state index contributed by atoms with van der Waals surface area (Å²) in [6.45, 7) is 15.8. The monoisotopic (exact) mass is 342 g/mol. The molecule has 0 radical (unpaired) electrons. The molecule has 0 aliphatic heterocycles. The summed E-state index contributed by atoms with van der Waals surface area (Å²) in [4.78, 5) is 0. The summed E-state index contributed by atoms with van der Waals surface area (Å²) in [5.74, 6) is 0. The van der Waals surface area contributed by atoms with E-state index in [1.807, 2.05) is 79.7 Å². The van der Waals surface area contributed by atoms with Gasteiger partial charge in [0.1, 0.15) is 0 Å². The predicted octanol–water partition coefficient (Wildman–Crippen LogP) is 5.57. The van der Waals surface area contributed by atoms with E-state index in [2.05, 4.69) is 0 Å². The van der Waals surface area contributed by atoms with Crippen LogP contribution in [0.2, 0.25) is 22.2 Å². The van der Waals surface area contributed by atoms with Gasteiger partial charge in [-0.15, -0.1) is 0 Å². The molecule has 0 nitrogen and oxygen atoms in total. The lowest BCUT2D eigenvalue weighted by atomic mass is 10.4. The summed E-state index contributed by atoms with van der Waals surface area (Å²) in [6.07, 6.45) is 0. The first-order valence-corrected chi connectivity index (χ1v) is 12.5. The van der Waals surface area contributed by atoms with Gasteiger partial charge < -0.3 is 8.22 Å². The topological polar surface area (TPSA) is 0 Å². The third-order valence-electron chi connectivity index (χ3n) is 5.13. The van der Waals surface area contributed by atoms with Gasteiger partial charge >= 0.3 is 0 Å². The molecule has 0 heterocycles. The molecule has 0 atom stereocenters. The lowest BCUT2D eigenvalue weighted by Crippen LogP contribution is -2.52. The molecule has 0 aliphatic carbocycles. The van der Waals surface area contributed by atoms with Gasteiger partial charge in [-0.25, -0.2) is 0 Å². The van der Waals surface area contributed by atoms with Crippen LogP contribution in [0.4, 0.5) is 8.22 Å². The fraction of sp³-hybridized carbons (Fsp3) is 0.667. The molecule has 0 aromatic heterocycles. The third-order valence-corrected chi connectivity index (χ3v) is 14.3. The van der Waals surface area contributed by atoms with E-state index < -0.39 is 16.8 Å². The zero-order chi connectivity index (χ0) is 17.3. The molecule has 0 amide bonds. The zero-order valence-electron chi connectivity index (χ0n) is 15.4. The largest absolute Gasteiger partial charge is 0.307 e. The lowest BCUT2D eigenvalue weighted by Gasteiger charge is -2.33. The van der Waals surface area contributed by atoms with Crippen LogP contribution >= 0.6 is 0 Å². The second-order valence-corrected chi connectivity index (χ2v) is 16.6. The standard InChI is InChI=1S/C18H32F2Si2/c1-13(2)21(19,14(3)4)17-9-11-18(12-10-17)22(20,15(5)6)16(7)8/h9-16H,1-8H3. The van der Waals surface area contributed by atoms with Crippen molar-refractivity contribution in [2.45, 2.75) is 77.6 Å². The van der Waals surface area contributed by atoms with E-state index in [-0.39, 0.29) is 22.2 Å². The molecule has 22 heavy (non-hydrogen) atoms. The van der Waals surface area contributed by atoms with E-state index in [0.717, 1.165) is 10.4 Å². The maximum atomic E-state index is 15.6. The van der Waals surface area contributed by atoms with Crippen LogP contribution in [0.15, 0.2) is 24.3 Å². The number of benzene rings is 1. The number of hydrogen-bond acceptors (Lipinski definition) is 0. The molecule has 0 saturated carbocycles. The fourth-order valence-electron chi connectivity index (χ4n) is 3.65. The molecule has 126 valence electrons. The van der Waals surface area contributed by atoms with E-state index >= 15 is 8.22 Å². The molecular weight excluding hydrogens is 310 g/mol. The first-order chi connectivity index (χ1) is 9.98. The Hall–Kier alpha value is -0.486. The number of halogens is 2. The Morgan fingerprint density at radius 3 is 0.864 bits per heavy atom. The number of hydrogen-bond donors (Lipinski definition) is 0. The highest BCUT2D eigenvalue weighted by Crippen LogP contribution is 2.35. The van der Waals surface area contributed by atoms with Gasteiger partial charge in [0.05, 0.1) is 0 Å². The van der Waals surface area contributed by atoms with E-state index in [9.17, 15) is 0 Å². The molecule has 0 spiro atoms. The molecule has 0 bridgehead atoms. The van der Waals surface area contributed by atoms with Crippen LogP contribution in [0.25, 0.3) is 0 Å². The molecule has 1 rings (SSSR count). The summed E-state index contributed by atoms with van der Waals surface area (Å²) >= 11 is 0. The smallest absolute Gasteiger partial charge is 0.282 e. The second kappa shape index (κ2) is 6.95. The molecule has 4 heteroatoms. The van der Waals surface area contributed by atoms with Gasteiger partial charge in [0.15, 0.2) is 0 Å². The van der Waals surface area contributed by atoms with Crippen LogP contribution in [0.1, 0.15) is 55.4 Å². The minimum atomic E-state index is -3.02. The van der Waals surface area contributed by atoms with Crippen LogP contribution < -0.4 is 10.4 Å². The van der Waals surface area contributed by atoms with Crippen molar-refractivity contribution in [3.8, 4) is 0 Å². The fourth-order valence-corrected chi connectivity index (χ4v) is 10.3. The average Bonchev–Trinajstić information content (AvgIpc) is 2.44. The molecule has 0 N–H and O–H groups in total. The summed E-state index contributed by atoms with van der Waals surface area (Å²) in [7, 11) is -6.05. The van der Waals surface area contributed by atoms with Crippen molar-refractivity contribution in [1.29, 1.82) is 0 Å². The highest BCUT2D eigenvalue weighted by Gasteiger charge is 2.46. The Kier molecular flexibility index (Phi) is 6.18. The van der Waals surface area contributed by atoms with Crippen molar-refractivity contribution in [1.82, 2.24) is 0 Å². The van der Waals surface area contributed by atoms with Crippen molar-refractivity contribution < 1.29 is 8.22 Å². The zero-order valence-corrected chi connectivity index (χ0v) is 17.4. The minimum Gasteiger partial charge on any atom is -0.307 e. The van der Waals surface area contributed by atoms with E-state index in [4.69, 9.17) is 0 Å². The van der Waals surface area contributed by atoms with Crippen molar-refractivity contribution in [2.24, 2.45) is 0 Å². The highest BCUT2D eigenvalue weighted by atomic mass is 28.4. The average molecular weight is 343 g/mol. The van der Waals surface area contributed by atoms with E-state index in [1.165, 1.54) is 0 Å². The highest BCUT2D eigenvalue weighted by molar-refractivity contribution is 6.89. The molecule has 0 saturated heterocycles. The van der Waals surface area contributed by atoms with Crippen molar-refractivity contribution >= 4 is 27.2 Å². The van der Waals surface area contributed by atoms with Gasteiger partial charge in [-0.3, -0.25) is 0 Å². The van der Waals surface area contributed by atoms with E-state index in [0.29, 0.717) is 0 Å². The Labute approximate surface area is 137 Å². The second-order valence-electron chi connectivity index (χ2n) is 7.73. The SMILES string of the molecule is CC(C)[Si](F)(c1ccc([Si](F)(C(C)C)C(C)C)cc1)C(C)C. The minimum absolute atomic E-state index is 0.0286. The van der Waals surface area contributed by atoms with Gasteiger partial charge in [-0.1, -0.05) is 79.7 Å². The third kappa shape index (κ3) is 3.23. The van der Waals surface area contributed by atoms with Gasteiger partial charge in [0, 0.05) is 0 Å². The van der Waals surface area contributed by atoms with Gasteiger partial charge in [-0.05, 0) is 32.5 Å². The maximum Gasteiger partial charge on any atom is 0.282 e. The molecule has 1 aromatic rings. The van der Waals surface area contributed by atoms with Crippen LogP contribution in [0.5, 0.6) is 0 Å². The van der Waals surface area contributed by atoms with Gasteiger partial charge in [0.25, 0.3) is 16.8 Å². The maximum absolute atomic E-state index is 15.6. The van der Waals surface area contributed by atoms with E-state index in [1.54, 1.807) is 0 Å². The quantitative estimate of drug-likeness (QED) is 0.468. The summed E-state index contributed by atoms with van der Waals surface area (Å²) < 4.78 is 31.1. The normalized spacial score (nSPS) is 13.7. The molecule has 0 aliphatic rings. The van der Waals surface area contributed by atoms with Crippen LogP contribution in [-0.4, -0.2) is 16.8 Å². The van der Waals surface area contributed by atoms with Crippen molar-refractivity contribution in [2.75, 3.05) is 0 Å². The summed E-state index contributed by atoms with van der Waals surface area (Å²) in [5.41, 5.74) is 0.115. The molecule has 0 unspecified atom stereocenters. The lowest BCUT2D eigenvalue weighted by molar-refractivity contribution is 0.697. The van der Waals surface area contributed by atoms with Crippen LogP contribution in [0, 0.1) is 0 Å². The Morgan fingerprint density at radius 1 is 0.545 bits per heavy atom. The predicted molar refractivity (Wildman–Crippen MR) is 99.8 cm³/mol. The van der Waals surface area contributed by atoms with Gasteiger partial charge in [-0.2, -0.15) is 0 Å². The Bertz CT molecular complexity index is 417. The molecule has 0 fully saturated rings.